The average molecular weight is 621 g/mol. The SMILES string of the molecule is CCCc1cc(C(=O)NCc2ncon2)ccc1OC(C(=O)NS(=O)(=O)c1ccc(C(C)C)cc1)c1ccc2c(c1)OCO2. The Morgan fingerprint density at radius 1 is 0.977 bits per heavy atom. The number of carbonyl (C=O) groups is 2. The van der Waals surface area contributed by atoms with Gasteiger partial charge in [-0.15, -0.1) is 0 Å². The van der Waals surface area contributed by atoms with Gasteiger partial charge in [0.25, 0.3) is 21.8 Å². The summed E-state index contributed by atoms with van der Waals surface area (Å²) in [6.07, 6.45) is 1.03. The lowest BCUT2D eigenvalue weighted by Gasteiger charge is -2.22. The van der Waals surface area contributed by atoms with Crippen LogP contribution in [0.3, 0.4) is 0 Å². The summed E-state index contributed by atoms with van der Waals surface area (Å²) in [5.41, 5.74) is 2.33. The van der Waals surface area contributed by atoms with E-state index in [1.807, 2.05) is 20.8 Å². The normalized spacial score (nSPS) is 13.0. The van der Waals surface area contributed by atoms with Gasteiger partial charge in [0.15, 0.2) is 17.3 Å². The Kier molecular flexibility index (Phi) is 9.14. The fourth-order valence-corrected chi connectivity index (χ4v) is 5.57. The molecule has 230 valence electrons. The topological polar surface area (TPSA) is 159 Å². The van der Waals surface area contributed by atoms with E-state index in [1.165, 1.54) is 18.5 Å². The fraction of sp³-hybridized carbons (Fsp3) is 0.290. The Morgan fingerprint density at radius 2 is 1.73 bits per heavy atom. The van der Waals surface area contributed by atoms with E-state index < -0.39 is 22.0 Å². The van der Waals surface area contributed by atoms with Crippen LogP contribution in [0.1, 0.15) is 72.1 Å². The predicted molar refractivity (Wildman–Crippen MR) is 158 cm³/mol. The first kappa shape index (κ1) is 30.5. The molecule has 3 aromatic carbocycles. The summed E-state index contributed by atoms with van der Waals surface area (Å²) in [5, 5.41) is 6.41. The number of hydrogen-bond acceptors (Lipinski definition) is 10. The number of benzene rings is 3. The van der Waals surface area contributed by atoms with Crippen LogP contribution in [0.2, 0.25) is 0 Å². The summed E-state index contributed by atoms with van der Waals surface area (Å²) in [4.78, 5) is 30.3. The van der Waals surface area contributed by atoms with E-state index >= 15 is 0 Å². The van der Waals surface area contributed by atoms with E-state index in [0.717, 1.165) is 5.56 Å². The van der Waals surface area contributed by atoms with Crippen LogP contribution in [-0.4, -0.2) is 37.2 Å². The Bertz CT molecular complexity index is 1740. The maximum Gasteiger partial charge on any atom is 0.279 e. The Hall–Kier alpha value is -4.91. The third kappa shape index (κ3) is 7.00. The van der Waals surface area contributed by atoms with Crippen LogP contribution in [0.5, 0.6) is 17.2 Å². The lowest BCUT2D eigenvalue weighted by atomic mass is 10.0. The van der Waals surface area contributed by atoms with Crippen molar-refractivity contribution in [2.24, 2.45) is 0 Å². The van der Waals surface area contributed by atoms with Crippen LogP contribution in [0.15, 0.2) is 76.5 Å². The van der Waals surface area contributed by atoms with Crippen molar-refractivity contribution in [3.8, 4) is 17.2 Å². The number of sulfonamides is 1. The molecule has 2 N–H and O–H groups in total. The molecule has 44 heavy (non-hydrogen) atoms. The van der Waals surface area contributed by atoms with Gasteiger partial charge in [-0.05, 0) is 65.9 Å². The molecule has 0 spiro atoms. The molecule has 1 aromatic heterocycles. The molecule has 2 amide bonds. The van der Waals surface area contributed by atoms with E-state index in [0.29, 0.717) is 52.6 Å². The van der Waals surface area contributed by atoms with Crippen LogP contribution in [0.4, 0.5) is 0 Å². The molecule has 5 rings (SSSR count). The first-order valence-electron chi connectivity index (χ1n) is 14.0. The second-order valence-electron chi connectivity index (χ2n) is 10.4. The third-order valence-corrected chi connectivity index (χ3v) is 8.29. The van der Waals surface area contributed by atoms with Gasteiger partial charge in [0.05, 0.1) is 11.4 Å². The zero-order chi connectivity index (χ0) is 31.3. The first-order valence-corrected chi connectivity index (χ1v) is 15.5. The van der Waals surface area contributed by atoms with Crippen LogP contribution in [0.25, 0.3) is 0 Å². The highest BCUT2D eigenvalue weighted by atomic mass is 32.2. The largest absolute Gasteiger partial charge is 0.475 e. The standard InChI is InChI=1S/C31H32N4O8S/c1-4-5-21-14-23(30(36)32-16-28-33-17-42-34-28)9-12-25(21)43-29(22-8-13-26-27(15-22)41-18-40-26)31(37)35-44(38,39)24-10-6-20(7-11-24)19(2)3/h6-15,17,19,29H,4-5,16,18H2,1-3H3,(H,32,36)(H,35,37). The number of nitrogens with zero attached hydrogens (tertiary/aromatic N) is 2. The highest BCUT2D eigenvalue weighted by Gasteiger charge is 2.30. The summed E-state index contributed by atoms with van der Waals surface area (Å²) in [6.45, 7) is 6.07. The molecule has 0 radical (unpaired) electrons. The van der Waals surface area contributed by atoms with Crippen LogP contribution >= 0.6 is 0 Å². The predicted octanol–water partition coefficient (Wildman–Crippen LogP) is 4.43. The van der Waals surface area contributed by atoms with Crippen molar-refractivity contribution in [1.82, 2.24) is 20.2 Å². The molecule has 0 bridgehead atoms. The van der Waals surface area contributed by atoms with Gasteiger partial charge in [0.2, 0.25) is 19.3 Å². The van der Waals surface area contributed by atoms with Gasteiger partial charge < -0.3 is 24.1 Å². The third-order valence-electron chi connectivity index (χ3n) is 6.93. The monoisotopic (exact) mass is 620 g/mol. The van der Waals surface area contributed by atoms with Crippen LogP contribution < -0.4 is 24.2 Å². The second-order valence-corrected chi connectivity index (χ2v) is 12.1. The van der Waals surface area contributed by atoms with Crippen molar-refractivity contribution in [2.45, 2.75) is 57.1 Å². The number of aryl methyl sites for hydroxylation is 1. The number of nitrogens with one attached hydrogen (secondary N) is 2. The summed E-state index contributed by atoms with van der Waals surface area (Å²) in [7, 11) is -4.23. The lowest BCUT2D eigenvalue weighted by Crippen LogP contribution is -2.37. The minimum atomic E-state index is -4.23. The summed E-state index contributed by atoms with van der Waals surface area (Å²) < 4.78 is 50.5. The van der Waals surface area contributed by atoms with Gasteiger partial charge in [-0.1, -0.05) is 50.5 Å². The summed E-state index contributed by atoms with van der Waals surface area (Å²) >= 11 is 0. The van der Waals surface area contributed by atoms with E-state index in [4.69, 9.17) is 18.7 Å². The number of carbonyl (C=O) groups excluding carboxylic acids is 2. The lowest BCUT2D eigenvalue weighted by molar-refractivity contribution is -0.126. The molecule has 12 nitrogen and oxygen atoms in total. The van der Waals surface area contributed by atoms with Gasteiger partial charge in [0.1, 0.15) is 5.75 Å². The number of ether oxygens (including phenoxy) is 3. The zero-order valence-corrected chi connectivity index (χ0v) is 25.2. The quantitative estimate of drug-likeness (QED) is 0.232. The van der Waals surface area contributed by atoms with Gasteiger partial charge in [-0.25, -0.2) is 13.1 Å². The Morgan fingerprint density at radius 3 is 2.43 bits per heavy atom. The smallest absolute Gasteiger partial charge is 0.279 e. The minimum absolute atomic E-state index is 0.0220. The van der Waals surface area contributed by atoms with Gasteiger partial charge in [-0.3, -0.25) is 9.59 Å². The van der Waals surface area contributed by atoms with E-state index in [1.54, 1.807) is 48.5 Å². The molecular weight excluding hydrogens is 588 g/mol. The maximum absolute atomic E-state index is 13.7. The highest BCUT2D eigenvalue weighted by Crippen LogP contribution is 2.36. The minimum Gasteiger partial charge on any atom is -0.475 e. The Balaban J connectivity index is 1.43. The molecule has 1 atom stereocenters. The van der Waals surface area contributed by atoms with Crippen molar-refractivity contribution in [2.75, 3.05) is 6.79 Å². The van der Waals surface area contributed by atoms with Gasteiger partial charge >= 0.3 is 0 Å². The molecule has 0 saturated carbocycles. The van der Waals surface area contributed by atoms with Crippen LogP contribution in [0, 0.1) is 0 Å². The zero-order valence-electron chi connectivity index (χ0n) is 24.4. The molecule has 0 aliphatic carbocycles. The van der Waals surface area contributed by atoms with Crippen molar-refractivity contribution in [3.05, 3.63) is 95.1 Å². The van der Waals surface area contributed by atoms with E-state index in [-0.39, 0.29) is 30.1 Å². The van der Waals surface area contributed by atoms with Gasteiger partial charge in [-0.2, -0.15) is 4.98 Å². The van der Waals surface area contributed by atoms with Crippen molar-refractivity contribution in [3.63, 3.8) is 0 Å². The Labute approximate surface area is 254 Å². The molecule has 13 heteroatoms. The van der Waals surface area contributed by atoms with Crippen molar-refractivity contribution >= 4 is 21.8 Å². The summed E-state index contributed by atoms with van der Waals surface area (Å²) in [6, 6.07) is 16.0. The average Bonchev–Trinajstić information content (AvgIpc) is 3.71. The number of hydrogen-bond donors (Lipinski definition) is 2. The molecule has 0 saturated heterocycles. The highest BCUT2D eigenvalue weighted by molar-refractivity contribution is 7.90. The molecule has 0 fully saturated rings. The number of amides is 2. The van der Waals surface area contributed by atoms with Crippen LogP contribution in [-0.2, 0) is 27.8 Å². The maximum atomic E-state index is 13.7. The second kappa shape index (κ2) is 13.2. The first-order chi connectivity index (χ1) is 21.1. The van der Waals surface area contributed by atoms with Gasteiger partial charge in [0, 0.05) is 11.1 Å². The van der Waals surface area contributed by atoms with E-state index in [2.05, 4.69) is 20.2 Å². The van der Waals surface area contributed by atoms with E-state index in [9.17, 15) is 18.0 Å². The number of fused-ring (bicyclic) bond motifs is 1. The molecular formula is C31H32N4O8S. The molecule has 1 unspecified atom stereocenters. The summed E-state index contributed by atoms with van der Waals surface area (Å²) in [5.74, 6) is 0.491. The number of rotatable bonds is 12. The molecule has 4 aromatic rings. The molecule has 2 heterocycles. The molecule has 1 aliphatic heterocycles. The fourth-order valence-electron chi connectivity index (χ4n) is 4.58. The van der Waals surface area contributed by atoms with Crippen molar-refractivity contribution in [1.29, 1.82) is 0 Å². The van der Waals surface area contributed by atoms with Crippen molar-refractivity contribution < 1.29 is 36.7 Å². The number of aromatic nitrogens is 2. The molecule has 1 aliphatic rings.